The number of unbranched alkanes of at least 4 members (excludes halogenated alkanes) is 4. The summed E-state index contributed by atoms with van der Waals surface area (Å²) in [6, 6.07) is 5.73. The van der Waals surface area contributed by atoms with E-state index in [0.29, 0.717) is 51.5 Å². The molecule has 0 saturated carbocycles. The predicted octanol–water partition coefficient (Wildman–Crippen LogP) is -2.18. The summed E-state index contributed by atoms with van der Waals surface area (Å²) in [5.41, 5.74) is 4.80. The molecule has 0 bridgehead atoms. The third-order valence-corrected chi connectivity index (χ3v) is 12.7. The summed E-state index contributed by atoms with van der Waals surface area (Å²) in [7, 11) is 0. The Hall–Kier alpha value is -2.80. The molecule has 2 fully saturated rings. The van der Waals surface area contributed by atoms with Crippen molar-refractivity contribution in [2.45, 2.75) is 136 Å². The second kappa shape index (κ2) is 27.3. The molecule has 0 aromatic heterocycles. The Kier molecular flexibility index (Phi) is 23.5. The van der Waals surface area contributed by atoms with Crippen LogP contribution in [0.1, 0.15) is 69.8 Å². The van der Waals surface area contributed by atoms with E-state index in [-0.39, 0.29) is 67.3 Å². The molecule has 60 heavy (non-hydrogen) atoms. The van der Waals surface area contributed by atoms with E-state index in [2.05, 4.69) is 10.6 Å². The van der Waals surface area contributed by atoms with Crippen LogP contribution in [-0.4, -0.2) is 185 Å². The van der Waals surface area contributed by atoms with Crippen molar-refractivity contribution in [3.8, 4) is 5.75 Å². The molecule has 13 N–H and O–H groups in total. The number of hydrogen-bond donors (Lipinski definition) is 12. The molecule has 342 valence electrons. The molecule has 2 aliphatic rings. The number of ether oxygens (including phenoxy) is 2. The predicted molar refractivity (Wildman–Crippen MR) is 221 cm³/mol. The van der Waals surface area contributed by atoms with E-state index in [0.717, 1.165) is 35.5 Å². The van der Waals surface area contributed by atoms with Gasteiger partial charge >= 0.3 is 0 Å². The van der Waals surface area contributed by atoms with E-state index in [1.54, 1.807) is 24.3 Å². The molecule has 19 nitrogen and oxygen atoms in total. The number of phenols is 1. The molecule has 2 saturated heterocycles. The SMILES string of the molecule is NC(=O)[C@H](CCCCNC(=O)CCS[C@H]1O[C@H](CO)[C@@H](O)[C@H](O)[C@@H]1O)N(CCCCCCNC(=O)CCc1ccc(O)cc1)C(=O)CCS[C@H]1O[C@H](CO)[C@@H](O)[C@H](O)[C@@H]1O. The van der Waals surface area contributed by atoms with Gasteiger partial charge in [-0.25, -0.2) is 0 Å². The van der Waals surface area contributed by atoms with Gasteiger partial charge in [-0.05, 0) is 56.2 Å². The average Bonchev–Trinajstić information content (AvgIpc) is 3.23. The fraction of sp³-hybridized carbons (Fsp3) is 0.744. The summed E-state index contributed by atoms with van der Waals surface area (Å²) in [5.74, 6) is -0.945. The molecular formula is C39H64N4O15S2. The van der Waals surface area contributed by atoms with Crippen molar-refractivity contribution in [3.63, 3.8) is 0 Å². The number of thioether (sulfide) groups is 2. The number of hydrogen-bond acceptors (Lipinski definition) is 17. The molecule has 2 heterocycles. The first-order valence-electron chi connectivity index (χ1n) is 20.4. The van der Waals surface area contributed by atoms with Gasteiger partial charge in [0, 0.05) is 50.4 Å². The summed E-state index contributed by atoms with van der Waals surface area (Å²) in [5, 5.41) is 94.7. The van der Waals surface area contributed by atoms with Gasteiger partial charge in [0.05, 0.1) is 13.2 Å². The van der Waals surface area contributed by atoms with Gasteiger partial charge in [0.2, 0.25) is 23.6 Å². The molecule has 4 amide bonds. The second-order valence-electron chi connectivity index (χ2n) is 14.9. The Balaban J connectivity index is 1.46. The molecule has 0 aliphatic carbocycles. The van der Waals surface area contributed by atoms with Crippen molar-refractivity contribution in [3.05, 3.63) is 29.8 Å². The molecule has 0 radical (unpaired) electrons. The summed E-state index contributed by atoms with van der Waals surface area (Å²) < 4.78 is 11.0. The Morgan fingerprint density at radius 3 is 1.70 bits per heavy atom. The van der Waals surface area contributed by atoms with Crippen molar-refractivity contribution in [2.75, 3.05) is 44.4 Å². The van der Waals surface area contributed by atoms with E-state index in [9.17, 15) is 65.1 Å². The van der Waals surface area contributed by atoms with Crippen molar-refractivity contribution >= 4 is 47.2 Å². The highest BCUT2D eigenvalue weighted by Crippen LogP contribution is 2.30. The van der Waals surface area contributed by atoms with Crippen LogP contribution in [0.2, 0.25) is 0 Å². The number of primary amides is 1. The lowest BCUT2D eigenvalue weighted by Gasteiger charge is -2.39. The highest BCUT2D eigenvalue weighted by atomic mass is 32.2. The van der Waals surface area contributed by atoms with Crippen LogP contribution in [0.5, 0.6) is 5.75 Å². The minimum atomic E-state index is -1.56. The van der Waals surface area contributed by atoms with Gasteiger partial charge < -0.3 is 76.7 Å². The second-order valence-corrected chi connectivity index (χ2v) is 17.3. The van der Waals surface area contributed by atoms with E-state index in [1.165, 1.54) is 4.90 Å². The smallest absolute Gasteiger partial charge is 0.240 e. The van der Waals surface area contributed by atoms with E-state index in [4.69, 9.17) is 15.2 Å². The lowest BCUT2D eigenvalue weighted by Crippen LogP contribution is -2.57. The average molecular weight is 893 g/mol. The van der Waals surface area contributed by atoms with Gasteiger partial charge in [-0.2, -0.15) is 0 Å². The van der Waals surface area contributed by atoms with Crippen molar-refractivity contribution in [1.29, 1.82) is 0 Å². The molecule has 3 rings (SSSR count). The standard InChI is InChI=1S/C39H64N4O15S2/c40-37(56)25(7-3-5-17-42-29(48)14-19-59-38-35(54)33(52)31(50)26(21-44)57-38)43(30(49)15-20-60-39-36(55)34(53)32(51)27(22-45)58-39)18-6-2-1-4-16-41-28(47)13-10-23-8-11-24(46)12-9-23/h8-9,11-12,25-27,31-36,38-39,44-46,50-55H,1-7,10,13-22H2,(H2,40,56)(H,41,47)(H,42,48)/t25-,26+,27+,31+,32+,33-,34-,35-,36-,38+,39+/m0/s1. The molecule has 2 aliphatic heterocycles. The summed E-state index contributed by atoms with van der Waals surface area (Å²) >= 11 is 2.09. The van der Waals surface area contributed by atoms with Gasteiger partial charge in [-0.1, -0.05) is 25.0 Å². The van der Waals surface area contributed by atoms with Gasteiger partial charge in [-0.3, -0.25) is 19.2 Å². The third-order valence-electron chi connectivity index (χ3n) is 10.4. The third kappa shape index (κ3) is 16.8. The topological polar surface area (TPSA) is 322 Å². The largest absolute Gasteiger partial charge is 0.508 e. The number of phenolic OH excluding ortho intramolecular Hbond substituents is 1. The number of aromatic hydroxyl groups is 1. The monoisotopic (exact) mass is 892 g/mol. The zero-order valence-corrected chi connectivity index (χ0v) is 35.3. The molecule has 11 atom stereocenters. The van der Waals surface area contributed by atoms with Gasteiger partial charge in [-0.15, -0.1) is 23.5 Å². The Labute approximate surface area is 358 Å². The molecule has 0 unspecified atom stereocenters. The number of benzene rings is 1. The zero-order chi connectivity index (χ0) is 44.2. The fourth-order valence-electron chi connectivity index (χ4n) is 6.77. The first-order valence-corrected chi connectivity index (χ1v) is 22.5. The molecule has 1 aromatic carbocycles. The normalized spacial score (nSPS) is 27.2. The highest BCUT2D eigenvalue weighted by molar-refractivity contribution is 8.00. The van der Waals surface area contributed by atoms with Crippen LogP contribution in [0, 0.1) is 0 Å². The highest BCUT2D eigenvalue weighted by Gasteiger charge is 2.44. The molecular weight excluding hydrogens is 829 g/mol. The Bertz CT molecular complexity index is 1450. The number of aliphatic hydroxyl groups excluding tert-OH is 8. The van der Waals surface area contributed by atoms with Crippen molar-refractivity contribution < 1.29 is 74.6 Å². The lowest BCUT2D eigenvalue weighted by atomic mass is 10.0. The number of nitrogens with zero attached hydrogens (tertiary/aromatic N) is 1. The molecule has 0 spiro atoms. The maximum absolute atomic E-state index is 13.6. The Morgan fingerprint density at radius 1 is 0.667 bits per heavy atom. The number of carbonyl (C=O) groups is 4. The van der Waals surface area contributed by atoms with Crippen molar-refractivity contribution in [1.82, 2.24) is 15.5 Å². The number of aliphatic hydroxyl groups is 8. The number of aryl methyl sites for hydroxylation is 1. The Morgan fingerprint density at radius 2 is 1.17 bits per heavy atom. The summed E-state index contributed by atoms with van der Waals surface area (Å²) in [6.45, 7) is -0.172. The van der Waals surface area contributed by atoms with Crippen molar-refractivity contribution in [2.24, 2.45) is 5.73 Å². The van der Waals surface area contributed by atoms with Crippen LogP contribution >= 0.6 is 23.5 Å². The maximum atomic E-state index is 13.6. The van der Waals surface area contributed by atoms with Crippen LogP contribution in [0.4, 0.5) is 0 Å². The number of carbonyl (C=O) groups excluding carboxylic acids is 4. The molecule has 21 heteroatoms. The number of nitrogens with one attached hydrogen (secondary N) is 2. The maximum Gasteiger partial charge on any atom is 0.240 e. The molecule has 1 aromatic rings. The first kappa shape index (κ1) is 51.5. The van der Waals surface area contributed by atoms with Gasteiger partial charge in [0.1, 0.15) is 71.5 Å². The van der Waals surface area contributed by atoms with Crippen LogP contribution < -0.4 is 16.4 Å². The zero-order valence-electron chi connectivity index (χ0n) is 33.7. The van der Waals surface area contributed by atoms with Crippen LogP contribution in [0.25, 0.3) is 0 Å². The lowest BCUT2D eigenvalue weighted by molar-refractivity contribution is -0.205. The van der Waals surface area contributed by atoms with Crippen LogP contribution in [0.15, 0.2) is 24.3 Å². The van der Waals surface area contributed by atoms with Gasteiger partial charge in [0.25, 0.3) is 0 Å². The number of rotatable bonds is 27. The van der Waals surface area contributed by atoms with E-state index in [1.807, 2.05) is 0 Å². The first-order chi connectivity index (χ1) is 28.7. The minimum Gasteiger partial charge on any atom is -0.508 e. The fourth-order valence-corrected chi connectivity index (χ4v) is 8.99. The van der Waals surface area contributed by atoms with Gasteiger partial charge in [0.15, 0.2) is 0 Å². The van der Waals surface area contributed by atoms with Crippen LogP contribution in [-0.2, 0) is 35.1 Å². The number of nitrogens with two attached hydrogens (primary N) is 1. The van der Waals surface area contributed by atoms with E-state index >= 15 is 0 Å². The summed E-state index contributed by atoms with van der Waals surface area (Å²) in [6.07, 6.45) is -6.41. The minimum absolute atomic E-state index is 0.0560. The van der Waals surface area contributed by atoms with E-state index < -0.39 is 84.9 Å². The number of amides is 4. The van der Waals surface area contributed by atoms with Crippen LogP contribution in [0.3, 0.4) is 0 Å². The summed E-state index contributed by atoms with van der Waals surface area (Å²) in [4.78, 5) is 52.6. The quantitative estimate of drug-likeness (QED) is 0.0418.